The summed E-state index contributed by atoms with van der Waals surface area (Å²) in [7, 11) is -0.189. The van der Waals surface area contributed by atoms with E-state index in [9.17, 15) is 8.60 Å². The first-order valence-corrected chi connectivity index (χ1v) is 13.2. The first-order valence-electron chi connectivity index (χ1n) is 10.8. The molecule has 1 saturated carbocycles. The molecule has 2 N–H and O–H groups in total. The summed E-state index contributed by atoms with van der Waals surface area (Å²) in [6.45, 7) is 2.92. The minimum Gasteiger partial charge on any atom is -0.495 e. The molecular formula is C23H26ClFN4O2S2. The van der Waals surface area contributed by atoms with Gasteiger partial charge in [-0.3, -0.25) is 4.72 Å². The molecule has 33 heavy (non-hydrogen) atoms. The maximum Gasteiger partial charge on any atom is 0.183 e. The van der Waals surface area contributed by atoms with Crippen molar-refractivity contribution in [2.75, 3.05) is 23.7 Å². The average molecular weight is 509 g/mol. The third-order valence-corrected chi connectivity index (χ3v) is 8.28. The lowest BCUT2D eigenvalue weighted by Gasteiger charge is -2.21. The van der Waals surface area contributed by atoms with E-state index >= 15 is 0 Å². The molecule has 1 fully saturated rings. The number of ether oxygens (including phenoxy) is 1. The van der Waals surface area contributed by atoms with Gasteiger partial charge in [-0.1, -0.05) is 42.2 Å². The van der Waals surface area contributed by atoms with Crippen LogP contribution in [0, 0.1) is 18.7 Å². The fraction of sp³-hybridized carbons (Fsp3) is 0.391. The monoisotopic (exact) mass is 508 g/mol. The number of aromatic nitrogens is 2. The summed E-state index contributed by atoms with van der Waals surface area (Å²) in [6, 6.07) is 6.67. The van der Waals surface area contributed by atoms with Crippen LogP contribution >= 0.6 is 22.9 Å². The van der Waals surface area contributed by atoms with Gasteiger partial charge < -0.3 is 10.1 Å². The van der Waals surface area contributed by atoms with Crippen LogP contribution in [0.4, 0.5) is 15.2 Å². The molecule has 4 rings (SSSR count). The van der Waals surface area contributed by atoms with Gasteiger partial charge in [-0.2, -0.15) is 0 Å². The Bertz CT molecular complexity index is 1150. The lowest BCUT2D eigenvalue weighted by molar-refractivity contribution is 0.373. The highest BCUT2D eigenvalue weighted by atomic mass is 35.5. The Labute approximate surface area is 204 Å². The Morgan fingerprint density at radius 1 is 1.27 bits per heavy atom. The predicted octanol–water partition coefficient (Wildman–Crippen LogP) is 6.44. The molecule has 10 heteroatoms. The first-order chi connectivity index (χ1) is 15.9. The molecule has 0 amide bonds. The molecule has 0 saturated heterocycles. The Morgan fingerprint density at radius 2 is 2.06 bits per heavy atom. The molecule has 0 aliphatic heterocycles. The number of hydrogen-bond acceptors (Lipinski definition) is 6. The van der Waals surface area contributed by atoms with Gasteiger partial charge in [0.15, 0.2) is 27.1 Å². The number of nitrogens with zero attached hydrogens (tertiary/aromatic N) is 2. The van der Waals surface area contributed by atoms with Crippen LogP contribution in [-0.4, -0.2) is 27.8 Å². The minimum absolute atomic E-state index is 0.237. The van der Waals surface area contributed by atoms with Crippen LogP contribution in [0.3, 0.4) is 0 Å². The molecule has 176 valence electrons. The Kier molecular flexibility index (Phi) is 7.82. The van der Waals surface area contributed by atoms with E-state index in [1.165, 1.54) is 45.4 Å². The molecule has 0 spiro atoms. The Balaban J connectivity index is 1.54. The van der Waals surface area contributed by atoms with Gasteiger partial charge in [-0.15, -0.1) is 0 Å². The summed E-state index contributed by atoms with van der Waals surface area (Å²) < 4.78 is 34.9. The van der Waals surface area contributed by atoms with Crippen LogP contribution < -0.4 is 14.8 Å². The van der Waals surface area contributed by atoms with Crippen molar-refractivity contribution in [3.8, 4) is 16.2 Å². The molecule has 1 aliphatic rings. The Morgan fingerprint density at radius 3 is 2.79 bits per heavy atom. The largest absolute Gasteiger partial charge is 0.495 e. The number of pyridine rings is 1. The molecule has 2 aromatic heterocycles. The fourth-order valence-electron chi connectivity index (χ4n) is 3.96. The zero-order valence-electron chi connectivity index (χ0n) is 18.5. The number of rotatable bonds is 8. The highest BCUT2D eigenvalue weighted by Crippen LogP contribution is 2.36. The number of hydrogen-bond donors (Lipinski definition) is 2. The van der Waals surface area contributed by atoms with Crippen LogP contribution in [-0.2, 0) is 11.0 Å². The van der Waals surface area contributed by atoms with Crippen LogP contribution in [0.1, 0.15) is 37.8 Å². The van der Waals surface area contributed by atoms with Gasteiger partial charge in [0.2, 0.25) is 0 Å². The number of thiazole rings is 1. The minimum atomic E-state index is -1.71. The van der Waals surface area contributed by atoms with Gasteiger partial charge >= 0.3 is 0 Å². The molecule has 0 bridgehead atoms. The molecule has 1 atom stereocenters. The number of methoxy groups -OCH3 is 1. The normalized spacial score (nSPS) is 15.3. The maximum absolute atomic E-state index is 13.7. The summed E-state index contributed by atoms with van der Waals surface area (Å²) in [4.78, 5) is 9.88. The molecule has 3 aromatic rings. The molecular weight excluding hydrogens is 483 g/mol. The molecule has 1 aliphatic carbocycles. The fourth-order valence-corrected chi connectivity index (χ4v) is 6.04. The summed E-state index contributed by atoms with van der Waals surface area (Å²) in [5, 5.41) is 4.16. The van der Waals surface area contributed by atoms with E-state index in [4.69, 9.17) is 21.3 Å². The van der Waals surface area contributed by atoms with E-state index in [-0.39, 0.29) is 10.8 Å². The topological polar surface area (TPSA) is 76.1 Å². The second-order valence-corrected chi connectivity index (χ2v) is 10.6. The van der Waals surface area contributed by atoms with Gasteiger partial charge in [0, 0.05) is 12.6 Å². The second kappa shape index (κ2) is 10.8. The average Bonchev–Trinajstić information content (AvgIpc) is 3.20. The van der Waals surface area contributed by atoms with Gasteiger partial charge in [-0.25, -0.2) is 18.6 Å². The molecule has 1 unspecified atom stereocenters. The van der Waals surface area contributed by atoms with Gasteiger partial charge in [0.05, 0.1) is 29.6 Å². The summed E-state index contributed by atoms with van der Waals surface area (Å²) in [5.74, 6) is 0.484. The van der Waals surface area contributed by atoms with Gasteiger partial charge in [0.25, 0.3) is 0 Å². The number of benzene rings is 1. The standard InChI is InChI=1S/C23H26ClFN4O2S2/c1-14-21(32-23(28-14)27-12-15-6-4-3-5-7-15)16-8-9-19(31-2)20(10-16)33(30)29-17-11-18(25)22(24)26-13-17/h8-11,13,15,29H,3-7,12H2,1-2H3,(H,27,28). The molecule has 0 radical (unpaired) electrons. The number of halogens is 2. The van der Waals surface area contributed by atoms with Crippen molar-refractivity contribution in [1.82, 2.24) is 9.97 Å². The van der Waals surface area contributed by atoms with Crippen LogP contribution in [0.2, 0.25) is 5.15 Å². The third kappa shape index (κ3) is 5.83. The van der Waals surface area contributed by atoms with Crippen LogP contribution in [0.15, 0.2) is 35.4 Å². The van der Waals surface area contributed by atoms with Crippen molar-refractivity contribution >= 4 is 44.7 Å². The summed E-state index contributed by atoms with van der Waals surface area (Å²) >= 11 is 7.22. The first kappa shape index (κ1) is 23.9. The van der Waals surface area contributed by atoms with Crippen LogP contribution in [0.25, 0.3) is 10.4 Å². The van der Waals surface area contributed by atoms with Crippen molar-refractivity contribution in [2.45, 2.75) is 43.9 Å². The van der Waals surface area contributed by atoms with E-state index in [0.717, 1.165) is 33.9 Å². The lowest BCUT2D eigenvalue weighted by Crippen LogP contribution is -2.16. The van der Waals surface area contributed by atoms with Crippen molar-refractivity contribution in [1.29, 1.82) is 0 Å². The SMILES string of the molecule is COc1ccc(-c2sc(NCC3CCCCC3)nc2C)cc1S(=O)Nc1cnc(Cl)c(F)c1. The van der Waals surface area contributed by atoms with E-state index in [1.54, 1.807) is 17.4 Å². The quantitative estimate of drug-likeness (QED) is 0.342. The predicted molar refractivity (Wildman–Crippen MR) is 133 cm³/mol. The summed E-state index contributed by atoms with van der Waals surface area (Å²) in [5.41, 5.74) is 2.05. The van der Waals surface area contributed by atoms with Crippen molar-refractivity contribution in [2.24, 2.45) is 5.92 Å². The van der Waals surface area contributed by atoms with Crippen LogP contribution in [0.5, 0.6) is 5.75 Å². The summed E-state index contributed by atoms with van der Waals surface area (Å²) in [6.07, 6.45) is 7.85. The van der Waals surface area contributed by atoms with Gasteiger partial charge in [-0.05, 0) is 49.4 Å². The van der Waals surface area contributed by atoms with E-state index in [2.05, 4.69) is 15.0 Å². The second-order valence-electron chi connectivity index (χ2n) is 8.05. The maximum atomic E-state index is 13.7. The zero-order valence-corrected chi connectivity index (χ0v) is 20.9. The lowest BCUT2D eigenvalue weighted by atomic mass is 9.89. The van der Waals surface area contributed by atoms with Crippen molar-refractivity contribution in [3.05, 3.63) is 47.1 Å². The van der Waals surface area contributed by atoms with E-state index in [0.29, 0.717) is 16.6 Å². The molecule has 2 heterocycles. The van der Waals surface area contributed by atoms with E-state index < -0.39 is 16.8 Å². The number of anilines is 2. The highest BCUT2D eigenvalue weighted by Gasteiger charge is 2.18. The molecule has 1 aromatic carbocycles. The zero-order chi connectivity index (χ0) is 23.4. The number of nitrogens with one attached hydrogen (secondary N) is 2. The Hall–Kier alpha value is -2.23. The smallest absolute Gasteiger partial charge is 0.183 e. The molecule has 6 nitrogen and oxygen atoms in total. The van der Waals surface area contributed by atoms with Crippen molar-refractivity contribution < 1.29 is 13.3 Å². The van der Waals surface area contributed by atoms with E-state index in [1.807, 2.05) is 19.1 Å². The third-order valence-electron chi connectivity index (χ3n) is 5.70. The van der Waals surface area contributed by atoms with Gasteiger partial charge in [0.1, 0.15) is 10.6 Å². The van der Waals surface area contributed by atoms with Crippen molar-refractivity contribution in [3.63, 3.8) is 0 Å². The number of aryl methyl sites for hydroxylation is 1. The highest BCUT2D eigenvalue weighted by molar-refractivity contribution is 7.86.